The van der Waals surface area contributed by atoms with E-state index in [4.69, 9.17) is 4.74 Å². The highest BCUT2D eigenvalue weighted by Gasteiger charge is 2.17. The van der Waals surface area contributed by atoms with Crippen molar-refractivity contribution in [3.05, 3.63) is 36.4 Å². The van der Waals surface area contributed by atoms with Crippen LogP contribution in [0.2, 0.25) is 0 Å². The van der Waals surface area contributed by atoms with E-state index in [0.717, 1.165) is 25.9 Å². The molecule has 0 bridgehead atoms. The summed E-state index contributed by atoms with van der Waals surface area (Å²) in [6.07, 6.45) is 3.33. The van der Waals surface area contributed by atoms with Crippen molar-refractivity contribution in [3.8, 4) is 0 Å². The van der Waals surface area contributed by atoms with E-state index >= 15 is 0 Å². The van der Waals surface area contributed by atoms with Gasteiger partial charge in [-0.2, -0.15) is 0 Å². The van der Waals surface area contributed by atoms with Crippen molar-refractivity contribution in [2.45, 2.75) is 39.2 Å². The second kappa shape index (κ2) is 8.56. The lowest BCUT2D eigenvalue weighted by Gasteiger charge is -2.26. The van der Waals surface area contributed by atoms with Crippen LogP contribution in [0.5, 0.6) is 0 Å². The van der Waals surface area contributed by atoms with Gasteiger partial charge in [-0.15, -0.1) is 0 Å². The molecule has 100 valence electrons. The fraction of sp³-hybridized carbons (Fsp3) is 0.533. The third-order valence-corrected chi connectivity index (χ3v) is 2.62. The van der Waals surface area contributed by atoms with Crippen molar-refractivity contribution in [2.24, 2.45) is 0 Å². The van der Waals surface area contributed by atoms with E-state index in [1.165, 1.54) is 6.42 Å². The van der Waals surface area contributed by atoms with Crippen molar-refractivity contribution in [1.29, 1.82) is 0 Å². The van der Waals surface area contributed by atoms with E-state index in [9.17, 15) is 4.79 Å². The van der Waals surface area contributed by atoms with Gasteiger partial charge in [-0.1, -0.05) is 36.4 Å². The van der Waals surface area contributed by atoms with Gasteiger partial charge in [0.05, 0.1) is 6.10 Å². The Balaban J connectivity index is 0.000000225. The van der Waals surface area contributed by atoms with Gasteiger partial charge in [-0.25, -0.2) is 4.79 Å². The Hall–Kier alpha value is -1.51. The van der Waals surface area contributed by atoms with Crippen molar-refractivity contribution < 1.29 is 9.53 Å². The van der Waals surface area contributed by atoms with Gasteiger partial charge in [0.15, 0.2) is 0 Å². The first-order valence-corrected chi connectivity index (χ1v) is 6.65. The van der Waals surface area contributed by atoms with Gasteiger partial charge in [0.25, 0.3) is 0 Å². The summed E-state index contributed by atoms with van der Waals surface area (Å²) in [4.78, 5) is 13.1. The molecule has 0 saturated carbocycles. The average molecular weight is 249 g/mol. The first-order valence-electron chi connectivity index (χ1n) is 6.65. The highest BCUT2D eigenvalue weighted by Crippen LogP contribution is 2.10. The van der Waals surface area contributed by atoms with Crippen LogP contribution in [-0.4, -0.2) is 30.2 Å². The maximum absolute atomic E-state index is 11.3. The maximum Gasteiger partial charge on any atom is 0.410 e. The summed E-state index contributed by atoms with van der Waals surface area (Å²) in [7, 11) is 0. The highest BCUT2D eigenvalue weighted by atomic mass is 16.6. The molecule has 1 fully saturated rings. The fourth-order valence-corrected chi connectivity index (χ4v) is 1.74. The van der Waals surface area contributed by atoms with Gasteiger partial charge in [0.2, 0.25) is 0 Å². The molecule has 1 aromatic carbocycles. The van der Waals surface area contributed by atoms with Crippen molar-refractivity contribution in [2.75, 3.05) is 13.1 Å². The molecule has 1 saturated heterocycles. The van der Waals surface area contributed by atoms with Crippen LogP contribution < -0.4 is 0 Å². The number of amides is 1. The molecule has 1 heterocycles. The molecule has 0 aromatic heterocycles. The van der Waals surface area contributed by atoms with E-state index in [2.05, 4.69) is 0 Å². The third kappa shape index (κ3) is 6.28. The normalized spacial score (nSPS) is 14.7. The Kier molecular flexibility index (Phi) is 6.92. The summed E-state index contributed by atoms with van der Waals surface area (Å²) < 4.78 is 5.08. The Labute approximate surface area is 110 Å². The molecule has 1 amide bonds. The summed E-state index contributed by atoms with van der Waals surface area (Å²) in [5.74, 6) is 0. The first kappa shape index (κ1) is 14.6. The van der Waals surface area contributed by atoms with Crippen LogP contribution >= 0.6 is 0 Å². The minimum absolute atomic E-state index is 0.000531. The standard InChI is InChI=1S/C9H17NO2.C6H6/c1-8(2)12-9(11)10-6-4-3-5-7-10;1-2-4-6-5-3-1/h8H,3-7H2,1-2H3;1-6H. The van der Waals surface area contributed by atoms with Gasteiger partial charge in [-0.05, 0) is 33.1 Å². The molecule has 0 unspecified atom stereocenters. The van der Waals surface area contributed by atoms with Crippen LogP contribution in [0.4, 0.5) is 4.79 Å². The van der Waals surface area contributed by atoms with Gasteiger partial charge >= 0.3 is 6.09 Å². The number of carbonyl (C=O) groups excluding carboxylic acids is 1. The number of benzene rings is 1. The number of rotatable bonds is 1. The molecule has 3 nitrogen and oxygen atoms in total. The minimum Gasteiger partial charge on any atom is -0.447 e. The summed E-state index contributed by atoms with van der Waals surface area (Å²) >= 11 is 0. The molecule has 3 heteroatoms. The zero-order chi connectivity index (χ0) is 13.2. The Bertz CT molecular complexity index is 292. The molecule has 18 heavy (non-hydrogen) atoms. The Morgan fingerprint density at radius 2 is 1.39 bits per heavy atom. The van der Waals surface area contributed by atoms with Gasteiger partial charge in [0.1, 0.15) is 0 Å². The largest absolute Gasteiger partial charge is 0.447 e. The molecule has 1 aromatic rings. The lowest BCUT2D eigenvalue weighted by molar-refractivity contribution is 0.0711. The highest BCUT2D eigenvalue weighted by molar-refractivity contribution is 5.67. The number of ether oxygens (including phenoxy) is 1. The number of carbonyl (C=O) groups is 1. The topological polar surface area (TPSA) is 29.5 Å². The predicted molar refractivity (Wildman–Crippen MR) is 73.5 cm³/mol. The van der Waals surface area contributed by atoms with E-state index in [1.807, 2.05) is 50.2 Å². The minimum atomic E-state index is -0.148. The molecule has 0 aliphatic carbocycles. The summed E-state index contributed by atoms with van der Waals surface area (Å²) in [5, 5.41) is 0. The lowest BCUT2D eigenvalue weighted by Crippen LogP contribution is -2.37. The van der Waals surface area contributed by atoms with Gasteiger partial charge in [-0.3, -0.25) is 0 Å². The number of piperidine rings is 1. The van der Waals surface area contributed by atoms with E-state index in [0.29, 0.717) is 0 Å². The Morgan fingerprint density at radius 3 is 1.78 bits per heavy atom. The van der Waals surface area contributed by atoms with Crippen LogP contribution in [0.25, 0.3) is 0 Å². The second-order valence-corrected chi connectivity index (χ2v) is 4.63. The number of nitrogens with zero attached hydrogens (tertiary/aromatic N) is 1. The predicted octanol–water partition coefficient (Wildman–Crippen LogP) is 3.70. The fourth-order valence-electron chi connectivity index (χ4n) is 1.74. The van der Waals surface area contributed by atoms with Crippen LogP contribution in [0, 0.1) is 0 Å². The molecule has 1 aliphatic rings. The van der Waals surface area contributed by atoms with Crippen LogP contribution in [0.1, 0.15) is 33.1 Å². The summed E-state index contributed by atoms with van der Waals surface area (Å²) in [6.45, 7) is 5.49. The first-order chi connectivity index (χ1) is 8.70. The lowest BCUT2D eigenvalue weighted by atomic mass is 10.1. The Morgan fingerprint density at radius 1 is 0.944 bits per heavy atom. The monoisotopic (exact) mass is 249 g/mol. The van der Waals surface area contributed by atoms with Crippen LogP contribution in [-0.2, 0) is 4.74 Å². The van der Waals surface area contributed by atoms with Crippen molar-refractivity contribution in [3.63, 3.8) is 0 Å². The van der Waals surface area contributed by atoms with Crippen molar-refractivity contribution >= 4 is 6.09 Å². The smallest absolute Gasteiger partial charge is 0.410 e. The zero-order valence-corrected chi connectivity index (χ0v) is 11.3. The number of likely N-dealkylation sites (tertiary alicyclic amines) is 1. The average Bonchev–Trinajstić information content (AvgIpc) is 2.42. The van der Waals surface area contributed by atoms with Crippen molar-refractivity contribution in [1.82, 2.24) is 4.90 Å². The molecule has 0 spiro atoms. The molecule has 0 N–H and O–H groups in total. The van der Waals surface area contributed by atoms with Gasteiger partial charge in [0, 0.05) is 13.1 Å². The summed E-state index contributed by atoms with van der Waals surface area (Å²) in [6, 6.07) is 12.0. The quantitative estimate of drug-likeness (QED) is 0.759. The molecule has 1 aliphatic heterocycles. The van der Waals surface area contributed by atoms with Gasteiger partial charge < -0.3 is 9.64 Å². The van der Waals surface area contributed by atoms with E-state index < -0.39 is 0 Å². The third-order valence-electron chi connectivity index (χ3n) is 2.62. The number of hydrogen-bond acceptors (Lipinski definition) is 2. The molecule has 2 rings (SSSR count). The van der Waals surface area contributed by atoms with E-state index in [-0.39, 0.29) is 12.2 Å². The van der Waals surface area contributed by atoms with E-state index in [1.54, 1.807) is 4.90 Å². The molecular weight excluding hydrogens is 226 g/mol. The summed E-state index contributed by atoms with van der Waals surface area (Å²) in [5.41, 5.74) is 0. The SMILES string of the molecule is CC(C)OC(=O)N1CCCCC1.c1ccccc1. The second-order valence-electron chi connectivity index (χ2n) is 4.63. The van der Waals surface area contributed by atoms with Crippen LogP contribution in [0.15, 0.2) is 36.4 Å². The molecule has 0 radical (unpaired) electrons. The zero-order valence-electron chi connectivity index (χ0n) is 11.3. The maximum atomic E-state index is 11.3. The molecule has 0 atom stereocenters. The number of hydrogen-bond donors (Lipinski definition) is 0. The van der Waals surface area contributed by atoms with Crippen LogP contribution in [0.3, 0.4) is 0 Å². The molecular formula is C15H23NO2.